The van der Waals surface area contributed by atoms with Crippen molar-refractivity contribution in [1.29, 1.82) is 0 Å². The van der Waals surface area contributed by atoms with Gasteiger partial charge in [0.2, 0.25) is 11.0 Å². The Labute approximate surface area is 148 Å². The minimum atomic E-state index is -0.0702. The monoisotopic (exact) mass is 362 g/mol. The number of carbonyl (C=O) groups excluding carboxylic acids is 2. The number of aromatic nitrogens is 2. The summed E-state index contributed by atoms with van der Waals surface area (Å²) in [5.41, 5.74) is 1.63. The molecule has 1 aromatic carbocycles. The summed E-state index contributed by atoms with van der Waals surface area (Å²) in [6.07, 6.45) is 2.39. The predicted octanol–water partition coefficient (Wildman–Crippen LogP) is 2.72. The van der Waals surface area contributed by atoms with E-state index in [0.29, 0.717) is 23.9 Å². The summed E-state index contributed by atoms with van der Waals surface area (Å²) in [7, 11) is 0. The fraction of sp³-hybridized carbons (Fsp3) is 0.375. The number of hydrogen-bond donors (Lipinski definition) is 2. The van der Waals surface area contributed by atoms with Crippen molar-refractivity contribution in [1.82, 2.24) is 15.5 Å². The van der Waals surface area contributed by atoms with Crippen molar-refractivity contribution in [3.63, 3.8) is 0 Å². The molecule has 126 valence electrons. The molecule has 1 fully saturated rings. The number of amides is 1. The highest BCUT2D eigenvalue weighted by Gasteiger charge is 2.22. The van der Waals surface area contributed by atoms with Gasteiger partial charge in [-0.3, -0.25) is 9.59 Å². The van der Waals surface area contributed by atoms with Crippen LogP contribution >= 0.6 is 23.1 Å². The molecule has 0 saturated heterocycles. The van der Waals surface area contributed by atoms with Crippen molar-refractivity contribution in [2.24, 2.45) is 0 Å². The summed E-state index contributed by atoms with van der Waals surface area (Å²) in [5.74, 6) is 0.320. The van der Waals surface area contributed by atoms with Gasteiger partial charge in [0.1, 0.15) is 0 Å². The van der Waals surface area contributed by atoms with Crippen LogP contribution in [0.3, 0.4) is 0 Å². The normalized spacial score (nSPS) is 13.5. The van der Waals surface area contributed by atoms with Crippen LogP contribution in [0.25, 0.3) is 0 Å². The predicted molar refractivity (Wildman–Crippen MR) is 95.6 cm³/mol. The fourth-order valence-electron chi connectivity index (χ4n) is 1.97. The first-order valence-electron chi connectivity index (χ1n) is 7.69. The molecule has 24 heavy (non-hydrogen) atoms. The Morgan fingerprint density at radius 2 is 2.00 bits per heavy atom. The van der Waals surface area contributed by atoms with Gasteiger partial charge in [0.05, 0.1) is 5.75 Å². The summed E-state index contributed by atoms with van der Waals surface area (Å²) in [4.78, 5) is 23.1. The fourth-order valence-corrected chi connectivity index (χ4v) is 3.70. The van der Waals surface area contributed by atoms with Crippen molar-refractivity contribution < 1.29 is 9.59 Å². The van der Waals surface area contributed by atoms with Gasteiger partial charge < -0.3 is 10.6 Å². The molecule has 1 heterocycles. The molecule has 0 atom stereocenters. The molecule has 2 aromatic rings. The SMILES string of the molecule is CC(=O)NCc1ccc(C(=O)CSc2nnc(NC3CC3)s2)cc1. The first-order chi connectivity index (χ1) is 11.6. The zero-order valence-electron chi connectivity index (χ0n) is 13.2. The number of carbonyl (C=O) groups is 2. The summed E-state index contributed by atoms with van der Waals surface area (Å²) in [6, 6.07) is 7.85. The number of nitrogens with zero attached hydrogens (tertiary/aromatic N) is 2. The maximum Gasteiger partial charge on any atom is 0.217 e. The van der Waals surface area contributed by atoms with Crippen LogP contribution in [0.4, 0.5) is 5.13 Å². The van der Waals surface area contributed by atoms with E-state index in [1.807, 2.05) is 12.1 Å². The summed E-state index contributed by atoms with van der Waals surface area (Å²) in [6.45, 7) is 1.95. The molecule has 2 N–H and O–H groups in total. The quantitative estimate of drug-likeness (QED) is 0.555. The molecule has 1 aromatic heterocycles. The highest BCUT2D eigenvalue weighted by atomic mass is 32.2. The minimum absolute atomic E-state index is 0.0537. The van der Waals surface area contributed by atoms with E-state index in [0.717, 1.165) is 15.0 Å². The summed E-state index contributed by atoms with van der Waals surface area (Å²) < 4.78 is 0.800. The van der Waals surface area contributed by atoms with Gasteiger partial charge in [0, 0.05) is 25.1 Å². The molecule has 8 heteroatoms. The number of benzene rings is 1. The van der Waals surface area contributed by atoms with Crippen molar-refractivity contribution >= 4 is 39.9 Å². The largest absolute Gasteiger partial charge is 0.357 e. The molecule has 0 aliphatic heterocycles. The highest BCUT2D eigenvalue weighted by Crippen LogP contribution is 2.30. The van der Waals surface area contributed by atoms with Gasteiger partial charge in [-0.05, 0) is 18.4 Å². The summed E-state index contributed by atoms with van der Waals surface area (Å²) in [5, 5.41) is 15.0. The second kappa shape index (κ2) is 7.76. The smallest absolute Gasteiger partial charge is 0.217 e. The molecule has 0 unspecified atom stereocenters. The van der Waals surface area contributed by atoms with E-state index >= 15 is 0 Å². The van der Waals surface area contributed by atoms with E-state index < -0.39 is 0 Å². The van der Waals surface area contributed by atoms with Crippen molar-refractivity contribution in [3.8, 4) is 0 Å². The average molecular weight is 362 g/mol. The molecule has 0 bridgehead atoms. The maximum absolute atomic E-state index is 12.2. The second-order valence-corrected chi connectivity index (χ2v) is 7.81. The molecule has 1 aliphatic carbocycles. The van der Waals surface area contributed by atoms with Crippen LogP contribution < -0.4 is 10.6 Å². The number of rotatable bonds is 8. The molecular formula is C16H18N4O2S2. The molecule has 6 nitrogen and oxygen atoms in total. The minimum Gasteiger partial charge on any atom is -0.357 e. The molecule has 0 radical (unpaired) electrons. The molecule has 1 saturated carbocycles. The Bertz CT molecular complexity index is 726. The topological polar surface area (TPSA) is 84.0 Å². The Hall–Kier alpha value is -1.93. The van der Waals surface area contributed by atoms with Crippen LogP contribution in [-0.4, -0.2) is 33.7 Å². The van der Waals surface area contributed by atoms with Gasteiger partial charge in [-0.1, -0.05) is 47.4 Å². The molecule has 1 aliphatic rings. The van der Waals surface area contributed by atoms with E-state index in [2.05, 4.69) is 20.8 Å². The van der Waals surface area contributed by atoms with Crippen LogP contribution in [-0.2, 0) is 11.3 Å². The van der Waals surface area contributed by atoms with Gasteiger partial charge in [-0.25, -0.2) is 0 Å². The van der Waals surface area contributed by atoms with Crippen molar-refractivity contribution in [2.45, 2.75) is 36.7 Å². The maximum atomic E-state index is 12.2. The Morgan fingerprint density at radius 3 is 2.67 bits per heavy atom. The third-order valence-electron chi connectivity index (χ3n) is 3.46. The van der Waals surface area contributed by atoms with E-state index in [9.17, 15) is 9.59 Å². The van der Waals surface area contributed by atoms with Gasteiger partial charge in [-0.15, -0.1) is 10.2 Å². The lowest BCUT2D eigenvalue weighted by Gasteiger charge is -2.04. The standard InChI is InChI=1S/C16H18N4O2S2/c1-10(21)17-8-11-2-4-12(5-3-11)14(22)9-23-16-20-19-15(24-16)18-13-6-7-13/h2-5,13H,6-9H2,1H3,(H,17,21)(H,18,19). The zero-order valence-corrected chi connectivity index (χ0v) is 14.9. The first-order valence-corrected chi connectivity index (χ1v) is 9.50. The molecule has 1 amide bonds. The van der Waals surface area contributed by atoms with Gasteiger partial charge in [0.25, 0.3) is 0 Å². The Morgan fingerprint density at radius 1 is 1.25 bits per heavy atom. The van der Waals surface area contributed by atoms with Crippen molar-refractivity contribution in [3.05, 3.63) is 35.4 Å². The first kappa shape index (κ1) is 16.9. The molecule has 0 spiro atoms. The van der Waals surface area contributed by atoms with Gasteiger partial charge in [0.15, 0.2) is 10.1 Å². The molecular weight excluding hydrogens is 344 g/mol. The lowest BCUT2D eigenvalue weighted by atomic mass is 10.1. The van der Waals surface area contributed by atoms with Gasteiger partial charge >= 0.3 is 0 Å². The summed E-state index contributed by atoms with van der Waals surface area (Å²) >= 11 is 2.90. The zero-order chi connectivity index (χ0) is 16.9. The lowest BCUT2D eigenvalue weighted by molar-refractivity contribution is -0.119. The average Bonchev–Trinajstić information content (AvgIpc) is 3.28. The van der Waals surface area contributed by atoms with Crippen LogP contribution in [0.15, 0.2) is 28.6 Å². The number of ketones is 1. The Kier molecular flexibility index (Phi) is 5.47. The molecule has 3 rings (SSSR count). The number of nitrogens with one attached hydrogen (secondary N) is 2. The number of hydrogen-bond acceptors (Lipinski definition) is 7. The van der Waals surface area contributed by atoms with E-state index in [4.69, 9.17) is 0 Å². The third kappa shape index (κ3) is 5.04. The van der Waals surface area contributed by atoms with Gasteiger partial charge in [-0.2, -0.15) is 0 Å². The Balaban J connectivity index is 1.48. The van der Waals surface area contributed by atoms with Crippen LogP contribution in [0.5, 0.6) is 0 Å². The second-order valence-electron chi connectivity index (χ2n) is 5.61. The van der Waals surface area contributed by atoms with E-state index in [1.54, 1.807) is 12.1 Å². The highest BCUT2D eigenvalue weighted by molar-refractivity contribution is 8.01. The van der Waals surface area contributed by atoms with Crippen molar-refractivity contribution in [2.75, 3.05) is 11.1 Å². The van der Waals surface area contributed by atoms with Crippen LogP contribution in [0, 0.1) is 0 Å². The van der Waals surface area contributed by atoms with Crippen LogP contribution in [0.2, 0.25) is 0 Å². The van der Waals surface area contributed by atoms with Crippen LogP contribution in [0.1, 0.15) is 35.7 Å². The van der Waals surface area contributed by atoms with E-state index in [1.165, 1.54) is 42.9 Å². The number of anilines is 1. The lowest BCUT2D eigenvalue weighted by Crippen LogP contribution is -2.18. The number of Topliss-reactive ketones (excluding diaryl/α,β-unsaturated/α-hetero) is 1. The number of thioether (sulfide) groups is 1. The third-order valence-corrected chi connectivity index (χ3v) is 5.44. The van der Waals surface area contributed by atoms with E-state index in [-0.39, 0.29) is 11.7 Å².